The van der Waals surface area contributed by atoms with E-state index in [2.05, 4.69) is 24.1 Å². The van der Waals surface area contributed by atoms with Gasteiger partial charge in [0.25, 0.3) is 0 Å². The maximum absolute atomic E-state index is 12.1. The minimum Gasteiger partial charge on any atom is -0.352 e. The summed E-state index contributed by atoms with van der Waals surface area (Å²) >= 11 is 6.21. The number of alkyl halides is 1. The summed E-state index contributed by atoms with van der Waals surface area (Å²) in [5, 5.41) is 2.38. The molecular formula is C17H27ClN2O. The Kier molecular flexibility index (Phi) is 8.40. The molecule has 21 heavy (non-hydrogen) atoms. The number of halogens is 1. The molecule has 0 radical (unpaired) electrons. The lowest BCUT2D eigenvalue weighted by atomic mass is 10.1. The second-order valence-corrected chi connectivity index (χ2v) is 5.79. The van der Waals surface area contributed by atoms with Gasteiger partial charge in [-0.25, -0.2) is 0 Å². The molecule has 118 valence electrons. The largest absolute Gasteiger partial charge is 0.352 e. The third kappa shape index (κ3) is 6.49. The van der Waals surface area contributed by atoms with Crippen molar-refractivity contribution in [3.63, 3.8) is 0 Å². The molecule has 0 saturated heterocycles. The van der Waals surface area contributed by atoms with Crippen molar-refractivity contribution < 1.29 is 4.79 Å². The smallest absolute Gasteiger partial charge is 0.242 e. The Balaban J connectivity index is 2.33. The van der Waals surface area contributed by atoms with Gasteiger partial charge in [0.1, 0.15) is 5.38 Å². The van der Waals surface area contributed by atoms with Crippen molar-refractivity contribution in [2.75, 3.05) is 19.6 Å². The third-order valence-corrected chi connectivity index (χ3v) is 4.17. The predicted molar refractivity (Wildman–Crippen MR) is 89.7 cm³/mol. The molecular weight excluding hydrogens is 284 g/mol. The topological polar surface area (TPSA) is 32.3 Å². The summed E-state index contributed by atoms with van der Waals surface area (Å²) in [5.41, 5.74) is 0.840. The van der Waals surface area contributed by atoms with E-state index in [0.717, 1.165) is 38.0 Å². The molecule has 0 saturated carbocycles. The molecule has 1 amide bonds. The molecule has 0 bridgehead atoms. The van der Waals surface area contributed by atoms with Crippen molar-refractivity contribution in [1.29, 1.82) is 0 Å². The molecule has 4 heteroatoms. The summed E-state index contributed by atoms with van der Waals surface area (Å²) in [7, 11) is 0. The lowest BCUT2D eigenvalue weighted by Gasteiger charge is -2.20. The quantitative estimate of drug-likeness (QED) is 0.707. The first-order valence-electron chi connectivity index (χ1n) is 7.80. The number of nitrogens with zero attached hydrogens (tertiary/aromatic N) is 1. The van der Waals surface area contributed by atoms with Crippen molar-refractivity contribution in [1.82, 2.24) is 10.2 Å². The molecule has 0 heterocycles. The molecule has 3 nitrogen and oxygen atoms in total. The van der Waals surface area contributed by atoms with E-state index >= 15 is 0 Å². The van der Waals surface area contributed by atoms with Gasteiger partial charge in [0.15, 0.2) is 0 Å². The summed E-state index contributed by atoms with van der Waals surface area (Å²) in [6, 6.07) is 9.61. The number of carbonyl (C=O) groups excluding carboxylic acids is 1. The number of hydrogen-bond acceptors (Lipinski definition) is 2. The highest BCUT2D eigenvalue weighted by Crippen LogP contribution is 2.20. The predicted octanol–water partition coefficient (Wildman–Crippen LogP) is 3.59. The fraction of sp³-hybridized carbons (Fsp3) is 0.588. The number of benzene rings is 1. The van der Waals surface area contributed by atoms with Gasteiger partial charge >= 0.3 is 0 Å². The van der Waals surface area contributed by atoms with E-state index in [1.807, 2.05) is 37.3 Å². The molecule has 2 atom stereocenters. The van der Waals surface area contributed by atoms with Crippen molar-refractivity contribution in [2.24, 2.45) is 0 Å². The molecule has 0 aliphatic carbocycles. The standard InChI is InChI=1S/C17H27ClN2O/c1-4-20(5-2)13-9-10-14(3)19-17(21)16(18)15-11-7-6-8-12-15/h6-8,11-12,14,16H,4-5,9-10,13H2,1-3H3,(H,19,21). The SMILES string of the molecule is CCN(CC)CCCC(C)NC(=O)C(Cl)c1ccccc1. The molecule has 1 aromatic rings. The van der Waals surface area contributed by atoms with Crippen molar-refractivity contribution in [2.45, 2.75) is 45.0 Å². The minimum absolute atomic E-state index is 0.113. The molecule has 0 fully saturated rings. The van der Waals surface area contributed by atoms with Crippen LogP contribution in [0.1, 0.15) is 44.6 Å². The van der Waals surface area contributed by atoms with Crippen LogP contribution in [0.25, 0.3) is 0 Å². The van der Waals surface area contributed by atoms with Gasteiger partial charge in [0, 0.05) is 6.04 Å². The Bertz CT molecular complexity index is 407. The van der Waals surface area contributed by atoms with Gasteiger partial charge in [0.05, 0.1) is 0 Å². The molecule has 2 unspecified atom stereocenters. The van der Waals surface area contributed by atoms with E-state index in [4.69, 9.17) is 11.6 Å². The van der Waals surface area contributed by atoms with Crippen molar-refractivity contribution >= 4 is 17.5 Å². The van der Waals surface area contributed by atoms with Crippen molar-refractivity contribution in [3.05, 3.63) is 35.9 Å². The Morgan fingerprint density at radius 1 is 1.24 bits per heavy atom. The van der Waals surface area contributed by atoms with Crippen LogP contribution < -0.4 is 5.32 Å². The fourth-order valence-electron chi connectivity index (χ4n) is 2.32. The molecule has 1 rings (SSSR count). The van der Waals surface area contributed by atoms with Crippen LogP contribution in [0.15, 0.2) is 30.3 Å². The van der Waals surface area contributed by atoms with Crippen LogP contribution in [0.4, 0.5) is 0 Å². The number of nitrogens with one attached hydrogen (secondary N) is 1. The summed E-state index contributed by atoms with van der Waals surface area (Å²) in [4.78, 5) is 14.5. The van der Waals surface area contributed by atoms with Gasteiger partial charge in [-0.05, 0) is 45.0 Å². The maximum Gasteiger partial charge on any atom is 0.242 e. The van der Waals surface area contributed by atoms with Crippen molar-refractivity contribution in [3.8, 4) is 0 Å². The van der Waals surface area contributed by atoms with Crippen LogP contribution in [0.2, 0.25) is 0 Å². The molecule has 0 aliphatic rings. The Hall–Kier alpha value is -1.06. The highest BCUT2D eigenvalue weighted by atomic mass is 35.5. The van der Waals surface area contributed by atoms with E-state index in [1.165, 1.54) is 0 Å². The Morgan fingerprint density at radius 3 is 2.43 bits per heavy atom. The van der Waals surface area contributed by atoms with Crippen LogP contribution in [0, 0.1) is 0 Å². The normalized spacial score (nSPS) is 14.0. The van der Waals surface area contributed by atoms with Gasteiger partial charge in [-0.2, -0.15) is 0 Å². The minimum atomic E-state index is -0.614. The van der Waals surface area contributed by atoms with Gasteiger partial charge < -0.3 is 10.2 Å². The summed E-state index contributed by atoms with van der Waals surface area (Å²) in [5.74, 6) is -0.113. The number of amides is 1. The molecule has 0 spiro atoms. The van der Waals surface area contributed by atoms with Gasteiger partial charge in [-0.15, -0.1) is 11.6 Å². The zero-order valence-electron chi connectivity index (χ0n) is 13.3. The first-order chi connectivity index (χ1) is 10.1. The fourth-order valence-corrected chi connectivity index (χ4v) is 2.53. The second-order valence-electron chi connectivity index (χ2n) is 5.35. The van der Waals surface area contributed by atoms with Crippen LogP contribution in [0.5, 0.6) is 0 Å². The number of carbonyl (C=O) groups is 1. The van der Waals surface area contributed by atoms with E-state index in [1.54, 1.807) is 0 Å². The van der Waals surface area contributed by atoms with Gasteiger partial charge in [0.2, 0.25) is 5.91 Å². The molecule has 0 aromatic heterocycles. The summed E-state index contributed by atoms with van der Waals surface area (Å²) < 4.78 is 0. The zero-order valence-corrected chi connectivity index (χ0v) is 14.1. The maximum atomic E-state index is 12.1. The van der Waals surface area contributed by atoms with Gasteiger partial charge in [-0.3, -0.25) is 4.79 Å². The van der Waals surface area contributed by atoms with Crippen LogP contribution in [-0.2, 0) is 4.79 Å². The Morgan fingerprint density at radius 2 is 1.86 bits per heavy atom. The van der Waals surface area contributed by atoms with Gasteiger partial charge in [-0.1, -0.05) is 44.2 Å². The first kappa shape index (κ1) is 18.0. The Labute approximate surface area is 133 Å². The molecule has 1 N–H and O–H groups in total. The average Bonchev–Trinajstić information content (AvgIpc) is 2.51. The lowest BCUT2D eigenvalue weighted by molar-refractivity contribution is -0.121. The van der Waals surface area contributed by atoms with E-state index in [9.17, 15) is 4.79 Å². The van der Waals surface area contributed by atoms with E-state index in [0.29, 0.717) is 0 Å². The second kappa shape index (κ2) is 9.80. The number of hydrogen-bond donors (Lipinski definition) is 1. The summed E-state index contributed by atoms with van der Waals surface area (Å²) in [6.45, 7) is 9.62. The molecule has 1 aromatic carbocycles. The monoisotopic (exact) mass is 310 g/mol. The molecule has 0 aliphatic heterocycles. The van der Waals surface area contributed by atoms with Crippen LogP contribution in [0.3, 0.4) is 0 Å². The van der Waals surface area contributed by atoms with E-state index < -0.39 is 5.38 Å². The number of rotatable bonds is 9. The first-order valence-corrected chi connectivity index (χ1v) is 8.23. The average molecular weight is 311 g/mol. The highest BCUT2D eigenvalue weighted by Gasteiger charge is 2.18. The van der Waals surface area contributed by atoms with E-state index in [-0.39, 0.29) is 11.9 Å². The van der Waals surface area contributed by atoms with Crippen LogP contribution in [-0.4, -0.2) is 36.5 Å². The van der Waals surface area contributed by atoms with Crippen LogP contribution >= 0.6 is 11.6 Å². The highest BCUT2D eigenvalue weighted by molar-refractivity contribution is 6.30. The zero-order chi connectivity index (χ0) is 15.7. The lowest BCUT2D eigenvalue weighted by Crippen LogP contribution is -2.35. The summed E-state index contributed by atoms with van der Waals surface area (Å²) in [6.07, 6.45) is 2.06. The third-order valence-electron chi connectivity index (χ3n) is 3.72.